The lowest BCUT2D eigenvalue weighted by Gasteiger charge is -2.30. The van der Waals surface area contributed by atoms with Crippen molar-refractivity contribution in [3.63, 3.8) is 0 Å². The van der Waals surface area contributed by atoms with Gasteiger partial charge < -0.3 is 30.1 Å². The molecule has 1 heterocycles. The van der Waals surface area contributed by atoms with Crippen molar-refractivity contribution < 1.29 is 29.6 Å². The number of hydrogen-bond donors (Lipinski definition) is 4. The second-order valence-corrected chi connectivity index (χ2v) is 8.08. The van der Waals surface area contributed by atoms with Crippen LogP contribution in [0.5, 0.6) is 5.75 Å². The van der Waals surface area contributed by atoms with Crippen LogP contribution in [0, 0.1) is 0 Å². The Morgan fingerprint density at radius 2 is 2.06 bits per heavy atom. The monoisotopic (exact) mass is 495 g/mol. The molecule has 1 amide bonds. The maximum Gasteiger partial charge on any atom is 0.252 e. The third kappa shape index (κ3) is 6.02. The van der Waals surface area contributed by atoms with Gasteiger partial charge >= 0.3 is 0 Å². The van der Waals surface area contributed by atoms with Crippen molar-refractivity contribution in [3.05, 3.63) is 82.8 Å². The lowest BCUT2D eigenvalue weighted by molar-refractivity contribution is -0.129. The van der Waals surface area contributed by atoms with E-state index in [4.69, 9.17) is 30.2 Å². The van der Waals surface area contributed by atoms with E-state index in [1.54, 1.807) is 54.6 Å². The number of ether oxygens (including phenoxy) is 2. The highest BCUT2D eigenvalue weighted by Gasteiger charge is 2.53. The fourth-order valence-corrected chi connectivity index (χ4v) is 3.79. The number of nitrogens with zero attached hydrogens (tertiary/aromatic N) is 4. The summed E-state index contributed by atoms with van der Waals surface area (Å²) in [6, 6.07) is 13.7. The summed E-state index contributed by atoms with van der Waals surface area (Å²) in [4.78, 5) is 21.1. The van der Waals surface area contributed by atoms with E-state index in [-0.39, 0.29) is 31.2 Å². The summed E-state index contributed by atoms with van der Waals surface area (Å²) < 4.78 is 11.8. The number of rotatable bonds is 13. The van der Waals surface area contributed by atoms with Gasteiger partial charge in [-0.15, -0.1) is 6.58 Å². The van der Waals surface area contributed by atoms with E-state index in [1.807, 2.05) is 0 Å². The number of aliphatic hydroxyl groups excluding tert-OH is 3. The number of aliphatic imine (C=N–C) groups is 1. The fourth-order valence-electron chi connectivity index (χ4n) is 3.79. The zero-order valence-electron chi connectivity index (χ0n) is 19.7. The molecular formula is C25H29N5O6. The predicted molar refractivity (Wildman–Crippen MR) is 133 cm³/mol. The van der Waals surface area contributed by atoms with Gasteiger partial charge in [0.2, 0.25) is 5.90 Å². The summed E-state index contributed by atoms with van der Waals surface area (Å²) in [5, 5.41) is 34.2. The molecule has 36 heavy (non-hydrogen) atoms. The number of nitrogens with one attached hydrogen (secondary N) is 1. The van der Waals surface area contributed by atoms with Crippen LogP contribution in [-0.4, -0.2) is 65.1 Å². The van der Waals surface area contributed by atoms with E-state index in [2.05, 4.69) is 21.9 Å². The van der Waals surface area contributed by atoms with Crippen molar-refractivity contribution in [2.24, 2.45) is 10.1 Å². The standard InChI is InChI=1S/C25H29N5O6/c1-2-12-25(24(34)27-15-18(33)16-32)22(20-6-3-4-7-21(20)29-30-26)36-23(28-25)17-8-10-19(11-9-17)35-14-5-13-31/h2-4,6-11,18,22,31-33H,1,5,12-16H2,(H,27,34)/t18?,22-,25-/m1/s1. The van der Waals surface area contributed by atoms with Gasteiger partial charge in [-0.1, -0.05) is 35.5 Å². The van der Waals surface area contributed by atoms with Crippen molar-refractivity contribution in [2.75, 3.05) is 26.4 Å². The van der Waals surface area contributed by atoms with E-state index in [0.717, 1.165) is 0 Å². The number of aliphatic hydroxyl groups is 3. The Balaban J connectivity index is 2.03. The molecule has 1 unspecified atom stereocenters. The number of hydrogen-bond acceptors (Lipinski definition) is 8. The molecule has 1 aliphatic heterocycles. The Kier molecular flexibility index (Phi) is 9.43. The molecule has 3 rings (SSSR count). The minimum atomic E-state index is -1.52. The van der Waals surface area contributed by atoms with Crippen LogP contribution in [0.4, 0.5) is 5.69 Å². The molecular weight excluding hydrogens is 466 g/mol. The predicted octanol–water partition coefficient (Wildman–Crippen LogP) is 2.69. The first kappa shape index (κ1) is 26.7. The van der Waals surface area contributed by atoms with E-state index >= 15 is 0 Å². The largest absolute Gasteiger partial charge is 0.494 e. The molecule has 11 heteroatoms. The second kappa shape index (κ2) is 12.7. The summed E-state index contributed by atoms with van der Waals surface area (Å²) >= 11 is 0. The minimum Gasteiger partial charge on any atom is -0.494 e. The molecule has 0 radical (unpaired) electrons. The molecule has 0 bridgehead atoms. The Morgan fingerprint density at radius 1 is 1.31 bits per heavy atom. The van der Waals surface area contributed by atoms with Gasteiger partial charge in [0, 0.05) is 47.7 Å². The second-order valence-electron chi connectivity index (χ2n) is 8.08. The van der Waals surface area contributed by atoms with Crippen LogP contribution < -0.4 is 10.1 Å². The lowest BCUT2D eigenvalue weighted by atomic mass is 9.84. The van der Waals surface area contributed by atoms with E-state index in [1.165, 1.54) is 0 Å². The van der Waals surface area contributed by atoms with Crippen LogP contribution in [0.3, 0.4) is 0 Å². The number of benzene rings is 2. The van der Waals surface area contributed by atoms with Gasteiger partial charge in [-0.2, -0.15) is 0 Å². The highest BCUT2D eigenvalue weighted by atomic mass is 16.5. The van der Waals surface area contributed by atoms with Crippen molar-refractivity contribution >= 4 is 17.5 Å². The highest BCUT2D eigenvalue weighted by Crippen LogP contribution is 2.45. The van der Waals surface area contributed by atoms with Crippen molar-refractivity contribution in [3.8, 4) is 5.75 Å². The fraction of sp³-hybridized carbons (Fsp3) is 0.360. The summed E-state index contributed by atoms with van der Waals surface area (Å²) in [6.07, 6.45) is 0.00854. The van der Waals surface area contributed by atoms with Gasteiger partial charge in [0.05, 0.1) is 19.3 Å². The Labute approximate surface area is 208 Å². The third-order valence-corrected chi connectivity index (χ3v) is 5.57. The minimum absolute atomic E-state index is 0.0320. The topological polar surface area (TPSA) is 169 Å². The molecule has 190 valence electrons. The van der Waals surface area contributed by atoms with Gasteiger partial charge in [0.25, 0.3) is 5.91 Å². The van der Waals surface area contributed by atoms with Crippen LogP contribution in [0.1, 0.15) is 30.1 Å². The lowest BCUT2D eigenvalue weighted by Crippen LogP contribution is -2.50. The third-order valence-electron chi connectivity index (χ3n) is 5.57. The Morgan fingerprint density at radius 3 is 2.72 bits per heavy atom. The molecule has 1 aliphatic rings. The van der Waals surface area contributed by atoms with E-state index in [0.29, 0.717) is 29.9 Å². The number of azide groups is 1. The Hall–Kier alpha value is -3.89. The number of carbonyl (C=O) groups excluding carboxylic acids is 1. The molecule has 11 nitrogen and oxygen atoms in total. The van der Waals surface area contributed by atoms with Gasteiger partial charge in [0.15, 0.2) is 11.6 Å². The highest BCUT2D eigenvalue weighted by molar-refractivity contribution is 6.01. The molecule has 4 N–H and O–H groups in total. The van der Waals surface area contributed by atoms with Gasteiger partial charge in [0.1, 0.15) is 5.75 Å². The molecule has 3 atom stereocenters. The van der Waals surface area contributed by atoms with Gasteiger partial charge in [-0.05, 0) is 29.8 Å². The normalized spacial score (nSPS) is 19.4. The Bertz CT molecular complexity index is 1130. The molecule has 0 aliphatic carbocycles. The first-order chi connectivity index (χ1) is 17.5. The SMILES string of the molecule is C=CC[C@@]1(C(=O)NCC(O)CO)N=C(c2ccc(OCCCO)cc2)O[C@@H]1c1ccccc1N=[N+]=[N-]. The van der Waals surface area contributed by atoms with Crippen LogP contribution >= 0.6 is 0 Å². The molecule has 0 fully saturated rings. The number of carbonyl (C=O) groups is 1. The molecule has 0 saturated carbocycles. The average molecular weight is 496 g/mol. The smallest absolute Gasteiger partial charge is 0.252 e. The molecule has 2 aromatic rings. The molecule has 0 spiro atoms. The van der Waals surface area contributed by atoms with Crippen molar-refractivity contribution in [2.45, 2.75) is 30.6 Å². The van der Waals surface area contributed by atoms with E-state index in [9.17, 15) is 9.90 Å². The van der Waals surface area contributed by atoms with Crippen molar-refractivity contribution in [1.82, 2.24) is 5.32 Å². The number of amides is 1. The van der Waals surface area contributed by atoms with E-state index < -0.39 is 30.3 Å². The molecule has 2 aromatic carbocycles. The average Bonchev–Trinajstić information content (AvgIpc) is 3.28. The maximum atomic E-state index is 13.5. The van der Waals surface area contributed by atoms with Gasteiger partial charge in [-0.3, -0.25) is 4.79 Å². The first-order valence-electron chi connectivity index (χ1n) is 11.4. The maximum absolute atomic E-state index is 13.5. The molecule has 0 saturated heterocycles. The molecule has 0 aromatic heterocycles. The summed E-state index contributed by atoms with van der Waals surface area (Å²) in [5.41, 5.74) is 8.85. The summed E-state index contributed by atoms with van der Waals surface area (Å²) in [5.74, 6) is 0.246. The van der Waals surface area contributed by atoms with Crippen LogP contribution in [-0.2, 0) is 9.53 Å². The van der Waals surface area contributed by atoms with Crippen LogP contribution in [0.15, 0.2) is 71.3 Å². The summed E-state index contributed by atoms with van der Waals surface area (Å²) in [7, 11) is 0. The van der Waals surface area contributed by atoms with Crippen molar-refractivity contribution in [1.29, 1.82) is 0 Å². The van der Waals surface area contributed by atoms with Crippen LogP contribution in [0.25, 0.3) is 10.4 Å². The summed E-state index contributed by atoms with van der Waals surface area (Å²) in [6.45, 7) is 3.48. The van der Waals surface area contributed by atoms with Crippen LogP contribution in [0.2, 0.25) is 0 Å². The zero-order valence-corrected chi connectivity index (χ0v) is 19.7. The van der Waals surface area contributed by atoms with Gasteiger partial charge in [-0.25, -0.2) is 4.99 Å². The zero-order chi connectivity index (χ0) is 26.0. The quantitative estimate of drug-likeness (QED) is 0.109. The first-order valence-corrected chi connectivity index (χ1v) is 11.4.